The predicted molar refractivity (Wildman–Crippen MR) is 108 cm³/mol. The lowest BCUT2D eigenvalue weighted by Gasteiger charge is -2.25. The van der Waals surface area contributed by atoms with Crippen LogP contribution in [-0.4, -0.2) is 75.7 Å². The molecule has 1 aromatic rings. The molecule has 1 saturated heterocycles. The van der Waals surface area contributed by atoms with Crippen LogP contribution >= 0.6 is 11.6 Å². The molecular formula is C19H26ClN3O6. The summed E-state index contributed by atoms with van der Waals surface area (Å²) in [7, 11) is 0. The van der Waals surface area contributed by atoms with Gasteiger partial charge in [-0.3, -0.25) is 9.69 Å². The standard InChI is InChI=1S/C19H26ClN3O6/c1-3-27-16-10-14(9-15(20)19(16)29-13-18(25)28-4-2)11-21-22-17(24)12-23-5-7-26-8-6-23/h9-11H,3-8,12-13H2,1-2H3,(H,22,24)/b21-11+. The second-order valence-electron chi connectivity index (χ2n) is 6.04. The van der Waals surface area contributed by atoms with E-state index in [1.54, 1.807) is 19.1 Å². The first-order valence-corrected chi connectivity index (χ1v) is 9.78. The number of esters is 1. The highest BCUT2D eigenvalue weighted by molar-refractivity contribution is 6.32. The predicted octanol–water partition coefficient (Wildman–Crippen LogP) is 1.46. The molecule has 0 saturated carbocycles. The van der Waals surface area contributed by atoms with E-state index in [-0.39, 0.29) is 36.4 Å². The van der Waals surface area contributed by atoms with Gasteiger partial charge in [-0.1, -0.05) is 11.6 Å². The average Bonchev–Trinajstić information content (AvgIpc) is 2.68. The Hall–Kier alpha value is -2.36. The van der Waals surface area contributed by atoms with Crippen molar-refractivity contribution in [2.24, 2.45) is 5.10 Å². The molecule has 9 nitrogen and oxygen atoms in total. The number of carbonyl (C=O) groups is 2. The second kappa shape index (κ2) is 12.3. The molecule has 0 spiro atoms. The van der Waals surface area contributed by atoms with Crippen LogP contribution in [0.25, 0.3) is 0 Å². The molecule has 160 valence electrons. The van der Waals surface area contributed by atoms with Crippen LogP contribution in [0.1, 0.15) is 19.4 Å². The second-order valence-corrected chi connectivity index (χ2v) is 6.45. The van der Waals surface area contributed by atoms with E-state index >= 15 is 0 Å². The Morgan fingerprint density at radius 3 is 2.69 bits per heavy atom. The number of halogens is 1. The number of hydrazone groups is 1. The summed E-state index contributed by atoms with van der Waals surface area (Å²) in [6.45, 7) is 6.84. The molecule has 0 bridgehead atoms. The maximum atomic E-state index is 12.0. The molecule has 10 heteroatoms. The summed E-state index contributed by atoms with van der Waals surface area (Å²) < 4.78 is 21.1. The zero-order valence-electron chi connectivity index (χ0n) is 16.6. The van der Waals surface area contributed by atoms with Crippen LogP contribution < -0.4 is 14.9 Å². The van der Waals surface area contributed by atoms with E-state index in [1.807, 2.05) is 11.8 Å². The Balaban J connectivity index is 1.98. The molecule has 29 heavy (non-hydrogen) atoms. The van der Waals surface area contributed by atoms with Crippen molar-refractivity contribution in [3.63, 3.8) is 0 Å². The number of ether oxygens (including phenoxy) is 4. The van der Waals surface area contributed by atoms with E-state index in [4.69, 9.17) is 30.5 Å². The highest BCUT2D eigenvalue weighted by Gasteiger charge is 2.15. The first-order chi connectivity index (χ1) is 14.0. The first kappa shape index (κ1) is 22.9. The summed E-state index contributed by atoms with van der Waals surface area (Å²) in [5.74, 6) is -0.103. The van der Waals surface area contributed by atoms with Gasteiger partial charge in [0.05, 0.1) is 44.2 Å². The zero-order chi connectivity index (χ0) is 21.1. The molecule has 1 aromatic carbocycles. The van der Waals surface area contributed by atoms with Crippen molar-refractivity contribution in [1.29, 1.82) is 0 Å². The van der Waals surface area contributed by atoms with Crippen LogP contribution in [0.4, 0.5) is 0 Å². The molecule has 0 radical (unpaired) electrons. The summed E-state index contributed by atoms with van der Waals surface area (Å²) in [6, 6.07) is 3.26. The number of hydrogen-bond acceptors (Lipinski definition) is 8. The molecule has 1 N–H and O–H groups in total. The third-order valence-corrected chi connectivity index (χ3v) is 4.13. The molecule has 0 aromatic heterocycles. The fraction of sp³-hybridized carbons (Fsp3) is 0.526. The number of carbonyl (C=O) groups excluding carboxylic acids is 2. The highest BCUT2D eigenvalue weighted by Crippen LogP contribution is 2.36. The molecule has 1 aliphatic heterocycles. The van der Waals surface area contributed by atoms with Gasteiger partial charge in [0, 0.05) is 13.1 Å². The van der Waals surface area contributed by atoms with Crippen LogP contribution in [0.15, 0.2) is 17.2 Å². The Kier molecular flexibility index (Phi) is 9.69. The molecule has 1 fully saturated rings. The van der Waals surface area contributed by atoms with Crippen LogP contribution in [0.5, 0.6) is 11.5 Å². The minimum absolute atomic E-state index is 0.214. The number of benzene rings is 1. The van der Waals surface area contributed by atoms with Gasteiger partial charge < -0.3 is 18.9 Å². The van der Waals surface area contributed by atoms with Crippen molar-refractivity contribution < 1.29 is 28.5 Å². The van der Waals surface area contributed by atoms with Crippen molar-refractivity contribution >= 4 is 29.7 Å². The number of amides is 1. The number of morpholine rings is 1. The van der Waals surface area contributed by atoms with Crippen molar-refractivity contribution in [1.82, 2.24) is 10.3 Å². The summed E-state index contributed by atoms with van der Waals surface area (Å²) in [5.41, 5.74) is 3.09. The number of hydrogen-bond donors (Lipinski definition) is 1. The third kappa shape index (κ3) is 7.88. The zero-order valence-corrected chi connectivity index (χ0v) is 17.4. The molecule has 2 rings (SSSR count). The Morgan fingerprint density at radius 2 is 2.00 bits per heavy atom. The molecule has 1 heterocycles. The fourth-order valence-electron chi connectivity index (χ4n) is 2.58. The molecule has 1 amide bonds. The van der Waals surface area contributed by atoms with Gasteiger partial charge in [0.2, 0.25) is 0 Å². The van der Waals surface area contributed by atoms with Gasteiger partial charge in [-0.05, 0) is 31.5 Å². The van der Waals surface area contributed by atoms with E-state index in [9.17, 15) is 9.59 Å². The lowest BCUT2D eigenvalue weighted by molar-refractivity contribution is -0.145. The topological polar surface area (TPSA) is 98.7 Å². The third-order valence-electron chi connectivity index (χ3n) is 3.85. The van der Waals surface area contributed by atoms with E-state index in [1.165, 1.54) is 6.21 Å². The van der Waals surface area contributed by atoms with E-state index in [0.29, 0.717) is 31.1 Å². The van der Waals surface area contributed by atoms with E-state index in [2.05, 4.69) is 10.5 Å². The van der Waals surface area contributed by atoms with Gasteiger partial charge in [-0.15, -0.1) is 0 Å². The fourth-order valence-corrected chi connectivity index (χ4v) is 2.85. The van der Waals surface area contributed by atoms with Crippen LogP contribution in [-0.2, 0) is 19.1 Å². The van der Waals surface area contributed by atoms with Gasteiger partial charge in [-0.25, -0.2) is 10.2 Å². The van der Waals surface area contributed by atoms with Crippen LogP contribution in [0.2, 0.25) is 5.02 Å². The Labute approximate surface area is 174 Å². The summed E-state index contributed by atoms with van der Waals surface area (Å²) >= 11 is 6.28. The number of nitrogens with zero attached hydrogens (tertiary/aromatic N) is 2. The van der Waals surface area contributed by atoms with Gasteiger partial charge in [-0.2, -0.15) is 5.10 Å². The summed E-state index contributed by atoms with van der Waals surface area (Å²) in [5, 5.41) is 4.22. The number of nitrogens with one attached hydrogen (secondary N) is 1. The SMILES string of the molecule is CCOC(=O)COc1c(Cl)cc(/C=N/NC(=O)CN2CCOCC2)cc1OCC. The van der Waals surface area contributed by atoms with E-state index in [0.717, 1.165) is 13.1 Å². The summed E-state index contributed by atoms with van der Waals surface area (Å²) in [6.07, 6.45) is 1.46. The van der Waals surface area contributed by atoms with Crippen molar-refractivity contribution in [2.45, 2.75) is 13.8 Å². The molecule has 0 aliphatic carbocycles. The summed E-state index contributed by atoms with van der Waals surface area (Å²) in [4.78, 5) is 25.5. The normalized spacial score (nSPS) is 14.6. The average molecular weight is 428 g/mol. The highest BCUT2D eigenvalue weighted by atomic mass is 35.5. The van der Waals surface area contributed by atoms with E-state index < -0.39 is 5.97 Å². The maximum absolute atomic E-state index is 12.0. The lowest BCUT2D eigenvalue weighted by atomic mass is 10.2. The molecular weight excluding hydrogens is 402 g/mol. The smallest absolute Gasteiger partial charge is 0.344 e. The maximum Gasteiger partial charge on any atom is 0.344 e. The number of rotatable bonds is 10. The van der Waals surface area contributed by atoms with Gasteiger partial charge >= 0.3 is 5.97 Å². The van der Waals surface area contributed by atoms with Crippen molar-refractivity contribution in [3.05, 3.63) is 22.7 Å². The largest absolute Gasteiger partial charge is 0.490 e. The van der Waals surface area contributed by atoms with Gasteiger partial charge in [0.25, 0.3) is 5.91 Å². The van der Waals surface area contributed by atoms with Crippen LogP contribution in [0.3, 0.4) is 0 Å². The molecule has 0 atom stereocenters. The Morgan fingerprint density at radius 1 is 1.24 bits per heavy atom. The van der Waals surface area contributed by atoms with Crippen molar-refractivity contribution in [3.8, 4) is 11.5 Å². The van der Waals surface area contributed by atoms with Crippen molar-refractivity contribution in [2.75, 3.05) is 52.7 Å². The molecule has 1 aliphatic rings. The first-order valence-electron chi connectivity index (χ1n) is 9.40. The van der Waals surface area contributed by atoms with Gasteiger partial charge in [0.15, 0.2) is 18.1 Å². The minimum Gasteiger partial charge on any atom is -0.490 e. The minimum atomic E-state index is -0.500. The van der Waals surface area contributed by atoms with Crippen LogP contribution in [0, 0.1) is 0 Å². The monoisotopic (exact) mass is 427 g/mol. The Bertz CT molecular complexity index is 722. The lowest BCUT2D eigenvalue weighted by Crippen LogP contribution is -2.42. The van der Waals surface area contributed by atoms with Gasteiger partial charge in [0.1, 0.15) is 0 Å². The molecule has 0 unspecified atom stereocenters. The quantitative estimate of drug-likeness (QED) is 0.343.